The molecule has 0 aromatic heterocycles. The third-order valence-electron chi connectivity index (χ3n) is 5.44. The van der Waals surface area contributed by atoms with Crippen LogP contribution < -0.4 is 5.32 Å². The van der Waals surface area contributed by atoms with E-state index < -0.39 is 0 Å². The first kappa shape index (κ1) is 16.3. The van der Waals surface area contributed by atoms with Crippen LogP contribution in [0.2, 0.25) is 0 Å². The van der Waals surface area contributed by atoms with Crippen molar-refractivity contribution in [2.45, 2.75) is 64.0 Å². The number of hydrogen-bond donors (Lipinski definition) is 1. The maximum absolute atomic E-state index is 3.82. The fourth-order valence-corrected chi connectivity index (χ4v) is 4.07. The zero-order chi connectivity index (χ0) is 14.4. The first-order valence-electron chi connectivity index (χ1n) is 8.83. The average Bonchev–Trinajstić information content (AvgIpc) is 2.71. The van der Waals surface area contributed by atoms with Gasteiger partial charge in [-0.15, -0.1) is 0 Å². The number of likely N-dealkylation sites (N-methyl/N-ethyl adjacent to an activating group) is 2. The van der Waals surface area contributed by atoms with E-state index in [1.54, 1.807) is 0 Å². The molecule has 3 heteroatoms. The minimum Gasteiger partial charge on any atom is -0.314 e. The molecule has 0 radical (unpaired) electrons. The maximum atomic E-state index is 3.82. The summed E-state index contributed by atoms with van der Waals surface area (Å²) >= 11 is 0. The summed E-state index contributed by atoms with van der Waals surface area (Å²) in [6.07, 6.45) is 10.1. The second kappa shape index (κ2) is 8.35. The molecule has 2 unspecified atom stereocenters. The molecular formula is C17H35N3. The average molecular weight is 281 g/mol. The fourth-order valence-electron chi connectivity index (χ4n) is 4.07. The first-order valence-corrected chi connectivity index (χ1v) is 8.83. The van der Waals surface area contributed by atoms with Gasteiger partial charge in [0.1, 0.15) is 0 Å². The first-order chi connectivity index (χ1) is 9.70. The van der Waals surface area contributed by atoms with Gasteiger partial charge in [-0.05, 0) is 45.8 Å². The van der Waals surface area contributed by atoms with Crippen molar-refractivity contribution in [3.8, 4) is 0 Å². The summed E-state index contributed by atoms with van der Waals surface area (Å²) in [6, 6.07) is 1.47. The number of nitrogens with one attached hydrogen (secondary N) is 1. The van der Waals surface area contributed by atoms with E-state index >= 15 is 0 Å². The van der Waals surface area contributed by atoms with Gasteiger partial charge in [0.05, 0.1) is 0 Å². The van der Waals surface area contributed by atoms with Crippen molar-refractivity contribution in [3.63, 3.8) is 0 Å². The van der Waals surface area contributed by atoms with Crippen LogP contribution in [0.4, 0.5) is 0 Å². The standard InChI is InChI=1S/C17H35N3/c1-4-18-17(15-9-7-5-6-8-10-15)13-16-14-19(2)11-12-20(16)3/h15-18H,4-14H2,1-3H3. The van der Waals surface area contributed by atoms with Crippen molar-refractivity contribution >= 4 is 0 Å². The summed E-state index contributed by atoms with van der Waals surface area (Å²) in [5.74, 6) is 0.915. The normalized spacial score (nSPS) is 29.2. The highest BCUT2D eigenvalue weighted by atomic mass is 15.3. The minimum atomic E-state index is 0.733. The van der Waals surface area contributed by atoms with Gasteiger partial charge in [-0.3, -0.25) is 0 Å². The van der Waals surface area contributed by atoms with Crippen molar-refractivity contribution in [2.75, 3.05) is 40.3 Å². The van der Waals surface area contributed by atoms with Crippen molar-refractivity contribution in [3.05, 3.63) is 0 Å². The SMILES string of the molecule is CCNC(CC1CN(C)CCN1C)C1CCCCCC1. The van der Waals surface area contributed by atoms with Gasteiger partial charge >= 0.3 is 0 Å². The van der Waals surface area contributed by atoms with Crippen molar-refractivity contribution < 1.29 is 0 Å². The molecule has 20 heavy (non-hydrogen) atoms. The van der Waals surface area contributed by atoms with Gasteiger partial charge in [0.15, 0.2) is 0 Å². The van der Waals surface area contributed by atoms with Crippen LogP contribution in [-0.2, 0) is 0 Å². The Hall–Kier alpha value is -0.120. The summed E-state index contributed by atoms with van der Waals surface area (Å²) in [6.45, 7) is 7.08. The van der Waals surface area contributed by atoms with Crippen LogP contribution in [0.3, 0.4) is 0 Å². The van der Waals surface area contributed by atoms with Crippen LogP contribution >= 0.6 is 0 Å². The summed E-state index contributed by atoms with van der Waals surface area (Å²) in [4.78, 5) is 5.09. The van der Waals surface area contributed by atoms with Gasteiger partial charge in [0.25, 0.3) is 0 Å². The van der Waals surface area contributed by atoms with E-state index in [4.69, 9.17) is 0 Å². The zero-order valence-corrected chi connectivity index (χ0v) is 13.9. The van der Waals surface area contributed by atoms with Gasteiger partial charge in [-0.2, -0.15) is 0 Å². The smallest absolute Gasteiger partial charge is 0.0235 e. The molecule has 2 fully saturated rings. The highest BCUT2D eigenvalue weighted by Gasteiger charge is 2.29. The zero-order valence-electron chi connectivity index (χ0n) is 13.9. The number of nitrogens with zero attached hydrogens (tertiary/aromatic N) is 2. The molecule has 1 saturated heterocycles. The molecule has 1 saturated carbocycles. The molecule has 1 heterocycles. The molecule has 2 aliphatic rings. The lowest BCUT2D eigenvalue weighted by Crippen LogP contribution is -2.53. The monoisotopic (exact) mass is 281 g/mol. The molecular weight excluding hydrogens is 246 g/mol. The Morgan fingerprint density at radius 2 is 1.75 bits per heavy atom. The van der Waals surface area contributed by atoms with Crippen molar-refractivity contribution in [2.24, 2.45) is 5.92 Å². The topological polar surface area (TPSA) is 18.5 Å². The van der Waals surface area contributed by atoms with E-state index in [-0.39, 0.29) is 0 Å². The third-order valence-corrected chi connectivity index (χ3v) is 5.44. The Morgan fingerprint density at radius 3 is 2.40 bits per heavy atom. The largest absolute Gasteiger partial charge is 0.314 e. The molecule has 0 amide bonds. The van der Waals surface area contributed by atoms with Gasteiger partial charge in [0.2, 0.25) is 0 Å². The van der Waals surface area contributed by atoms with Gasteiger partial charge in [0, 0.05) is 31.7 Å². The predicted molar refractivity (Wildman–Crippen MR) is 87.2 cm³/mol. The molecule has 2 rings (SSSR count). The van der Waals surface area contributed by atoms with E-state index in [2.05, 4.69) is 36.1 Å². The summed E-state index contributed by atoms with van der Waals surface area (Å²) in [7, 11) is 4.58. The third kappa shape index (κ3) is 4.71. The maximum Gasteiger partial charge on any atom is 0.0235 e. The van der Waals surface area contributed by atoms with Crippen LogP contribution in [0.1, 0.15) is 51.9 Å². The molecule has 2 atom stereocenters. The predicted octanol–water partition coefficient (Wildman–Crippen LogP) is 2.57. The summed E-state index contributed by atoms with van der Waals surface area (Å²) < 4.78 is 0. The Labute approximate surface area is 126 Å². The lowest BCUT2D eigenvalue weighted by atomic mass is 9.87. The van der Waals surface area contributed by atoms with Crippen LogP contribution in [0.25, 0.3) is 0 Å². The molecule has 0 bridgehead atoms. The lowest BCUT2D eigenvalue weighted by molar-refractivity contribution is 0.0931. The Bertz CT molecular complexity index is 261. The van der Waals surface area contributed by atoms with Crippen LogP contribution in [0, 0.1) is 5.92 Å². The van der Waals surface area contributed by atoms with Crippen LogP contribution in [0.5, 0.6) is 0 Å². The molecule has 0 aromatic carbocycles. The fraction of sp³-hybridized carbons (Fsp3) is 1.00. The Kier molecular flexibility index (Phi) is 6.79. The van der Waals surface area contributed by atoms with Crippen LogP contribution in [-0.4, -0.2) is 62.2 Å². The van der Waals surface area contributed by atoms with Crippen molar-refractivity contribution in [1.82, 2.24) is 15.1 Å². The van der Waals surface area contributed by atoms with Crippen molar-refractivity contribution in [1.29, 1.82) is 0 Å². The molecule has 3 nitrogen and oxygen atoms in total. The number of hydrogen-bond acceptors (Lipinski definition) is 3. The molecule has 1 aliphatic carbocycles. The molecule has 0 aromatic rings. The second-order valence-corrected chi connectivity index (χ2v) is 7.05. The quantitative estimate of drug-likeness (QED) is 0.781. The number of rotatable bonds is 5. The summed E-state index contributed by atoms with van der Waals surface area (Å²) in [5.41, 5.74) is 0. The molecule has 118 valence electrons. The van der Waals surface area contributed by atoms with E-state index in [0.717, 1.165) is 24.5 Å². The number of piperazine rings is 1. The Balaban J connectivity index is 1.92. The summed E-state index contributed by atoms with van der Waals surface area (Å²) in [5, 5.41) is 3.82. The molecule has 0 spiro atoms. The molecule has 1 aliphatic heterocycles. The second-order valence-electron chi connectivity index (χ2n) is 7.05. The highest BCUT2D eigenvalue weighted by Crippen LogP contribution is 2.28. The van der Waals surface area contributed by atoms with Crippen LogP contribution in [0.15, 0.2) is 0 Å². The molecule has 1 N–H and O–H groups in total. The highest BCUT2D eigenvalue weighted by molar-refractivity contribution is 4.87. The van der Waals surface area contributed by atoms with E-state index in [9.17, 15) is 0 Å². The Morgan fingerprint density at radius 1 is 1.05 bits per heavy atom. The lowest BCUT2D eigenvalue weighted by Gasteiger charge is -2.41. The van der Waals surface area contributed by atoms with Gasteiger partial charge in [-0.25, -0.2) is 0 Å². The van der Waals surface area contributed by atoms with E-state index in [1.165, 1.54) is 64.6 Å². The van der Waals surface area contributed by atoms with E-state index in [0.29, 0.717) is 0 Å². The minimum absolute atomic E-state index is 0.733. The van der Waals surface area contributed by atoms with Gasteiger partial charge < -0.3 is 15.1 Å². The van der Waals surface area contributed by atoms with E-state index in [1.807, 2.05) is 0 Å². The van der Waals surface area contributed by atoms with Gasteiger partial charge in [-0.1, -0.05) is 32.6 Å².